The first-order valence-corrected chi connectivity index (χ1v) is 7.68. The molecule has 0 saturated carbocycles. The minimum absolute atomic E-state index is 0.248. The van der Waals surface area contributed by atoms with Crippen molar-refractivity contribution in [2.45, 2.75) is 46.0 Å². The molecule has 0 unspecified atom stereocenters. The number of esters is 2. The smallest absolute Gasteiger partial charge is 0.345 e. The molecule has 0 aliphatic heterocycles. The molecule has 22 heavy (non-hydrogen) atoms. The average Bonchev–Trinajstić information content (AvgIpc) is 2.53. The van der Waals surface area contributed by atoms with E-state index in [0.717, 1.165) is 19.3 Å². The highest BCUT2D eigenvalue weighted by molar-refractivity contribution is 5.97. The van der Waals surface area contributed by atoms with Crippen LogP contribution in [0.15, 0.2) is 18.2 Å². The van der Waals surface area contributed by atoms with E-state index in [0.29, 0.717) is 24.5 Å². The van der Waals surface area contributed by atoms with Crippen LogP contribution in [0.25, 0.3) is 0 Å². The van der Waals surface area contributed by atoms with Crippen molar-refractivity contribution >= 4 is 11.9 Å². The lowest BCUT2D eigenvalue weighted by Crippen LogP contribution is -2.12. The summed E-state index contributed by atoms with van der Waals surface area (Å²) in [6.07, 6.45) is 3.81. The van der Waals surface area contributed by atoms with E-state index < -0.39 is 11.9 Å². The summed E-state index contributed by atoms with van der Waals surface area (Å²) in [6.45, 7) is 4.64. The Bertz CT molecular complexity index is 496. The highest BCUT2D eigenvalue weighted by Crippen LogP contribution is 2.28. The molecule has 0 aliphatic rings. The van der Waals surface area contributed by atoms with Crippen LogP contribution in [0.2, 0.25) is 0 Å². The zero-order valence-electron chi connectivity index (χ0n) is 13.5. The van der Waals surface area contributed by atoms with Gasteiger partial charge in [0.2, 0.25) is 0 Å². The van der Waals surface area contributed by atoms with Gasteiger partial charge in [0.15, 0.2) is 11.5 Å². The molecule has 0 aliphatic carbocycles. The molecular weight excluding hydrogens is 284 g/mol. The normalized spacial score (nSPS) is 10.1. The van der Waals surface area contributed by atoms with Crippen LogP contribution in [0.1, 0.15) is 56.3 Å². The number of hydrogen-bond donors (Lipinski definition) is 0. The zero-order chi connectivity index (χ0) is 16.4. The predicted molar refractivity (Wildman–Crippen MR) is 83.3 cm³/mol. The topological polar surface area (TPSA) is 61.8 Å². The maximum atomic E-state index is 11.9. The zero-order valence-corrected chi connectivity index (χ0v) is 13.5. The van der Waals surface area contributed by atoms with E-state index in [1.54, 1.807) is 12.1 Å². The lowest BCUT2D eigenvalue weighted by molar-refractivity contribution is -0.138. The van der Waals surface area contributed by atoms with Crippen molar-refractivity contribution in [1.82, 2.24) is 0 Å². The molecule has 5 heteroatoms. The Hall–Kier alpha value is -2.04. The first-order chi connectivity index (χ1) is 10.6. The van der Waals surface area contributed by atoms with Crippen LogP contribution < -0.4 is 9.47 Å². The quantitative estimate of drug-likeness (QED) is 0.395. The van der Waals surface area contributed by atoms with E-state index >= 15 is 0 Å². The summed E-state index contributed by atoms with van der Waals surface area (Å²) in [5.41, 5.74) is 0.268. The van der Waals surface area contributed by atoms with Crippen molar-refractivity contribution in [1.29, 1.82) is 0 Å². The third-order valence-electron chi connectivity index (χ3n) is 3.10. The van der Waals surface area contributed by atoms with Crippen molar-refractivity contribution in [3.63, 3.8) is 0 Å². The van der Waals surface area contributed by atoms with Gasteiger partial charge in [-0.05, 0) is 31.0 Å². The molecule has 0 fully saturated rings. The molecule has 1 aromatic carbocycles. The lowest BCUT2D eigenvalue weighted by Gasteiger charge is -2.11. The van der Waals surface area contributed by atoms with Crippen LogP contribution in [0.4, 0.5) is 0 Å². The third kappa shape index (κ3) is 5.76. The summed E-state index contributed by atoms with van der Waals surface area (Å²) < 4.78 is 15.6. The van der Waals surface area contributed by atoms with Gasteiger partial charge in [0.05, 0.1) is 19.3 Å². The van der Waals surface area contributed by atoms with Crippen molar-refractivity contribution in [3.05, 3.63) is 23.8 Å². The highest BCUT2D eigenvalue weighted by Gasteiger charge is 2.15. The Balaban J connectivity index is 2.71. The van der Waals surface area contributed by atoms with Crippen molar-refractivity contribution in [2.75, 3.05) is 13.7 Å². The summed E-state index contributed by atoms with van der Waals surface area (Å²) in [5, 5.41) is 0. The van der Waals surface area contributed by atoms with Gasteiger partial charge in [0, 0.05) is 6.42 Å². The lowest BCUT2D eigenvalue weighted by atomic mass is 10.2. The number of carbonyl (C=O) groups excluding carboxylic acids is 2. The Morgan fingerprint density at radius 1 is 1.05 bits per heavy atom. The van der Waals surface area contributed by atoms with Gasteiger partial charge in [0.25, 0.3) is 0 Å². The summed E-state index contributed by atoms with van der Waals surface area (Å²) in [4.78, 5) is 23.4. The summed E-state index contributed by atoms with van der Waals surface area (Å²) in [7, 11) is 1.50. The molecule has 5 nitrogen and oxygen atoms in total. The maximum absolute atomic E-state index is 11.9. The van der Waals surface area contributed by atoms with Gasteiger partial charge < -0.3 is 14.2 Å². The number of hydrogen-bond acceptors (Lipinski definition) is 5. The first-order valence-electron chi connectivity index (χ1n) is 7.68. The maximum Gasteiger partial charge on any atom is 0.345 e. The molecule has 0 bridgehead atoms. The molecule has 1 aromatic rings. The van der Waals surface area contributed by atoms with Crippen molar-refractivity contribution < 1.29 is 23.8 Å². The largest absolute Gasteiger partial charge is 0.493 e. The number of methoxy groups -OCH3 is 1. The number of rotatable bonds is 9. The molecular formula is C17H24O5. The molecule has 0 aromatic heterocycles. The van der Waals surface area contributed by atoms with E-state index in [2.05, 4.69) is 6.92 Å². The fourth-order valence-corrected chi connectivity index (χ4v) is 1.77. The van der Waals surface area contributed by atoms with Gasteiger partial charge in [-0.15, -0.1) is 0 Å². The summed E-state index contributed by atoms with van der Waals surface area (Å²) >= 11 is 0. The van der Waals surface area contributed by atoms with Crippen LogP contribution in [0, 0.1) is 0 Å². The van der Waals surface area contributed by atoms with Crippen LogP contribution in [0.3, 0.4) is 0 Å². The van der Waals surface area contributed by atoms with Crippen LogP contribution >= 0.6 is 0 Å². The number of benzene rings is 1. The van der Waals surface area contributed by atoms with Crippen LogP contribution in [0.5, 0.6) is 11.5 Å². The molecule has 0 saturated heterocycles. The molecule has 122 valence electrons. The van der Waals surface area contributed by atoms with Crippen LogP contribution in [-0.4, -0.2) is 25.7 Å². The fourth-order valence-electron chi connectivity index (χ4n) is 1.77. The van der Waals surface area contributed by atoms with E-state index in [9.17, 15) is 9.59 Å². The van der Waals surface area contributed by atoms with Crippen LogP contribution in [-0.2, 0) is 9.53 Å². The summed E-state index contributed by atoms with van der Waals surface area (Å²) in [5.74, 6) is -0.148. The number of carbonyl (C=O) groups is 2. The second-order valence-corrected chi connectivity index (χ2v) is 4.93. The molecule has 0 atom stereocenters. The Kier molecular flexibility index (Phi) is 8.04. The van der Waals surface area contributed by atoms with Gasteiger partial charge in [-0.3, -0.25) is 4.79 Å². The van der Waals surface area contributed by atoms with E-state index in [-0.39, 0.29) is 12.0 Å². The standard InChI is InChI=1S/C17H24O5/c1-4-6-8-16(18)22-17(19)13-9-10-14(15(12-13)20-3)21-11-7-5-2/h9-10,12H,4-8,11H2,1-3H3. The van der Waals surface area contributed by atoms with Gasteiger partial charge in [-0.25, -0.2) is 4.79 Å². The number of unbranched alkanes of at least 4 members (excludes halogenated alkanes) is 2. The van der Waals surface area contributed by atoms with Gasteiger partial charge in [0.1, 0.15) is 0 Å². The Morgan fingerprint density at radius 3 is 2.41 bits per heavy atom. The molecule has 0 heterocycles. The SMILES string of the molecule is CCCCOc1ccc(C(=O)OC(=O)CCCC)cc1OC. The van der Waals surface area contributed by atoms with E-state index in [1.165, 1.54) is 13.2 Å². The minimum atomic E-state index is -0.667. The van der Waals surface area contributed by atoms with E-state index in [4.69, 9.17) is 14.2 Å². The second kappa shape index (κ2) is 9.82. The molecule has 0 radical (unpaired) electrons. The predicted octanol–water partition coefficient (Wildman–Crippen LogP) is 3.75. The third-order valence-corrected chi connectivity index (χ3v) is 3.10. The first kappa shape index (κ1) is 18.0. The molecule has 0 N–H and O–H groups in total. The Labute approximate surface area is 131 Å². The van der Waals surface area contributed by atoms with Crippen molar-refractivity contribution in [3.8, 4) is 11.5 Å². The van der Waals surface area contributed by atoms with E-state index in [1.807, 2.05) is 6.92 Å². The monoisotopic (exact) mass is 308 g/mol. The average molecular weight is 308 g/mol. The van der Waals surface area contributed by atoms with Gasteiger partial charge in [-0.1, -0.05) is 26.7 Å². The molecule has 0 amide bonds. The summed E-state index contributed by atoms with van der Waals surface area (Å²) in [6, 6.07) is 4.75. The molecule has 1 rings (SSSR count). The fraction of sp³-hybridized carbons (Fsp3) is 0.529. The molecule has 0 spiro atoms. The second-order valence-electron chi connectivity index (χ2n) is 4.93. The van der Waals surface area contributed by atoms with Crippen molar-refractivity contribution in [2.24, 2.45) is 0 Å². The number of ether oxygens (including phenoxy) is 3. The highest BCUT2D eigenvalue weighted by atomic mass is 16.6. The minimum Gasteiger partial charge on any atom is -0.493 e. The van der Waals surface area contributed by atoms with Gasteiger partial charge >= 0.3 is 11.9 Å². The Morgan fingerprint density at radius 2 is 1.77 bits per heavy atom. The van der Waals surface area contributed by atoms with Gasteiger partial charge in [-0.2, -0.15) is 0 Å².